The second kappa shape index (κ2) is 7.67. The van der Waals surface area contributed by atoms with Crippen molar-refractivity contribution in [2.75, 3.05) is 5.32 Å². The Kier molecular flexibility index (Phi) is 5.35. The maximum atomic E-state index is 12.4. The summed E-state index contributed by atoms with van der Waals surface area (Å²) in [5.74, 6) is 0.293. The van der Waals surface area contributed by atoms with Gasteiger partial charge in [-0.2, -0.15) is 0 Å². The van der Waals surface area contributed by atoms with Gasteiger partial charge in [-0.05, 0) is 37.6 Å². The van der Waals surface area contributed by atoms with Gasteiger partial charge in [0.25, 0.3) is 0 Å². The number of amides is 1. The van der Waals surface area contributed by atoms with E-state index >= 15 is 0 Å². The number of halogens is 1. The van der Waals surface area contributed by atoms with E-state index in [1.807, 2.05) is 42.7 Å². The van der Waals surface area contributed by atoms with Gasteiger partial charge in [-0.15, -0.1) is 10.2 Å². The molecule has 0 saturated carbocycles. The fourth-order valence-corrected chi connectivity index (χ4v) is 3.14. The van der Waals surface area contributed by atoms with Crippen LogP contribution in [0.3, 0.4) is 0 Å². The molecule has 0 saturated heterocycles. The predicted molar refractivity (Wildman–Crippen MR) is 99.3 cm³/mol. The third kappa shape index (κ3) is 4.18. The minimum Gasteiger partial charge on any atom is -0.310 e. The van der Waals surface area contributed by atoms with E-state index in [-0.39, 0.29) is 11.2 Å². The van der Waals surface area contributed by atoms with Crippen molar-refractivity contribution < 1.29 is 4.79 Å². The maximum Gasteiger partial charge on any atom is 0.238 e. The number of aromatic nitrogens is 4. The van der Waals surface area contributed by atoms with E-state index in [1.165, 1.54) is 18.0 Å². The Labute approximate surface area is 154 Å². The molecule has 128 valence electrons. The van der Waals surface area contributed by atoms with Crippen molar-refractivity contribution in [1.29, 1.82) is 0 Å². The average Bonchev–Trinajstić information content (AvgIpc) is 3.05. The Morgan fingerprint density at radius 1 is 1.28 bits per heavy atom. The number of aryl methyl sites for hydroxylation is 1. The van der Waals surface area contributed by atoms with E-state index in [1.54, 1.807) is 18.5 Å². The number of carbonyl (C=O) groups excluding carboxylic acids is 1. The SMILES string of the molecule is Cc1ccccc1-n1cnnc1S[C@@H](C)C(=O)Nc1ccc(Cl)cn1. The zero-order valence-corrected chi connectivity index (χ0v) is 15.3. The molecule has 1 atom stereocenters. The van der Waals surface area contributed by atoms with Crippen LogP contribution in [0.5, 0.6) is 0 Å². The van der Waals surface area contributed by atoms with Crippen LogP contribution < -0.4 is 5.32 Å². The number of nitrogens with zero attached hydrogens (tertiary/aromatic N) is 4. The van der Waals surface area contributed by atoms with E-state index in [2.05, 4.69) is 20.5 Å². The van der Waals surface area contributed by atoms with Crippen LogP contribution in [-0.2, 0) is 4.79 Å². The zero-order valence-electron chi connectivity index (χ0n) is 13.7. The first-order valence-electron chi connectivity index (χ1n) is 7.59. The van der Waals surface area contributed by atoms with Crippen LogP contribution in [0.2, 0.25) is 5.02 Å². The number of thioether (sulfide) groups is 1. The second-order valence-electron chi connectivity index (χ2n) is 5.38. The highest BCUT2D eigenvalue weighted by Gasteiger charge is 2.19. The summed E-state index contributed by atoms with van der Waals surface area (Å²) in [6.45, 7) is 3.83. The smallest absolute Gasteiger partial charge is 0.238 e. The number of para-hydroxylation sites is 1. The van der Waals surface area contributed by atoms with Gasteiger partial charge in [0.1, 0.15) is 12.1 Å². The molecule has 2 aromatic heterocycles. The maximum absolute atomic E-state index is 12.4. The van der Waals surface area contributed by atoms with Crippen LogP contribution >= 0.6 is 23.4 Å². The summed E-state index contributed by atoms with van der Waals surface area (Å²) in [4.78, 5) is 16.4. The van der Waals surface area contributed by atoms with Crippen LogP contribution in [0.25, 0.3) is 5.69 Å². The normalized spacial score (nSPS) is 12.0. The van der Waals surface area contributed by atoms with Gasteiger partial charge in [0, 0.05) is 6.20 Å². The van der Waals surface area contributed by atoms with Gasteiger partial charge in [-0.25, -0.2) is 4.98 Å². The fourth-order valence-electron chi connectivity index (χ4n) is 2.19. The third-order valence-corrected chi connectivity index (χ3v) is 4.80. The number of hydrogen-bond donors (Lipinski definition) is 1. The van der Waals surface area contributed by atoms with E-state index < -0.39 is 0 Å². The van der Waals surface area contributed by atoms with Gasteiger partial charge in [0.05, 0.1) is 16.0 Å². The molecule has 3 aromatic rings. The highest BCUT2D eigenvalue weighted by atomic mass is 35.5. The van der Waals surface area contributed by atoms with Crippen LogP contribution in [0.15, 0.2) is 54.1 Å². The van der Waals surface area contributed by atoms with E-state index in [4.69, 9.17) is 11.6 Å². The molecule has 25 heavy (non-hydrogen) atoms. The number of anilines is 1. The summed E-state index contributed by atoms with van der Waals surface area (Å²) >= 11 is 7.13. The Morgan fingerprint density at radius 2 is 2.08 bits per heavy atom. The zero-order chi connectivity index (χ0) is 17.8. The molecule has 1 amide bonds. The molecule has 0 bridgehead atoms. The van der Waals surface area contributed by atoms with Crippen molar-refractivity contribution in [3.8, 4) is 5.69 Å². The first-order valence-corrected chi connectivity index (χ1v) is 8.85. The Hall–Kier alpha value is -2.38. The van der Waals surface area contributed by atoms with Gasteiger partial charge < -0.3 is 5.32 Å². The van der Waals surface area contributed by atoms with Gasteiger partial charge in [-0.3, -0.25) is 9.36 Å². The average molecular weight is 374 g/mol. The molecule has 0 aliphatic carbocycles. The number of carbonyl (C=O) groups is 1. The topological polar surface area (TPSA) is 72.7 Å². The Balaban J connectivity index is 1.72. The summed E-state index contributed by atoms with van der Waals surface area (Å²) < 4.78 is 1.88. The summed E-state index contributed by atoms with van der Waals surface area (Å²) in [6.07, 6.45) is 3.14. The number of benzene rings is 1. The van der Waals surface area contributed by atoms with Crippen LogP contribution in [-0.4, -0.2) is 30.9 Å². The van der Waals surface area contributed by atoms with Crippen LogP contribution in [0.4, 0.5) is 5.82 Å². The Bertz CT molecular complexity index is 881. The molecule has 8 heteroatoms. The quantitative estimate of drug-likeness (QED) is 0.689. The molecular formula is C17H16ClN5OS. The first kappa shape index (κ1) is 17.4. The van der Waals surface area contributed by atoms with Crippen LogP contribution in [0, 0.1) is 6.92 Å². The van der Waals surface area contributed by atoms with Gasteiger partial charge in [0.2, 0.25) is 5.91 Å². The molecule has 1 aromatic carbocycles. The van der Waals surface area contributed by atoms with Gasteiger partial charge in [-0.1, -0.05) is 41.6 Å². The standard InChI is InChI=1S/C17H16ClN5OS/c1-11-5-3-4-6-14(11)23-10-20-22-17(23)25-12(2)16(24)21-15-8-7-13(18)9-19-15/h3-10,12H,1-2H3,(H,19,21,24)/t12-/m0/s1. The number of hydrogen-bond acceptors (Lipinski definition) is 5. The summed E-state index contributed by atoms with van der Waals surface area (Å²) in [6, 6.07) is 11.3. The molecule has 3 rings (SSSR count). The van der Waals surface area contributed by atoms with Crippen molar-refractivity contribution in [1.82, 2.24) is 19.7 Å². The summed E-state index contributed by atoms with van der Waals surface area (Å²) in [5, 5.41) is 11.7. The number of rotatable bonds is 5. The highest BCUT2D eigenvalue weighted by Crippen LogP contribution is 2.25. The summed E-state index contributed by atoms with van der Waals surface area (Å²) in [7, 11) is 0. The van der Waals surface area contributed by atoms with Crippen molar-refractivity contribution in [2.45, 2.75) is 24.3 Å². The molecule has 0 unspecified atom stereocenters. The molecule has 0 radical (unpaired) electrons. The van der Waals surface area contributed by atoms with Crippen molar-refractivity contribution in [3.05, 3.63) is 59.5 Å². The lowest BCUT2D eigenvalue weighted by molar-refractivity contribution is -0.115. The van der Waals surface area contributed by atoms with E-state index in [0.29, 0.717) is 16.0 Å². The lowest BCUT2D eigenvalue weighted by atomic mass is 10.2. The van der Waals surface area contributed by atoms with E-state index in [9.17, 15) is 4.79 Å². The van der Waals surface area contributed by atoms with E-state index in [0.717, 1.165) is 11.3 Å². The largest absolute Gasteiger partial charge is 0.310 e. The minimum atomic E-state index is -0.371. The summed E-state index contributed by atoms with van der Waals surface area (Å²) in [5.41, 5.74) is 2.09. The number of pyridine rings is 1. The minimum absolute atomic E-state index is 0.167. The van der Waals surface area contributed by atoms with Crippen molar-refractivity contribution in [2.24, 2.45) is 0 Å². The molecule has 0 spiro atoms. The monoisotopic (exact) mass is 373 g/mol. The third-order valence-electron chi connectivity index (χ3n) is 3.52. The number of nitrogens with one attached hydrogen (secondary N) is 1. The van der Waals surface area contributed by atoms with Gasteiger partial charge in [0.15, 0.2) is 5.16 Å². The molecule has 2 heterocycles. The lowest BCUT2D eigenvalue weighted by Gasteiger charge is -2.13. The second-order valence-corrected chi connectivity index (χ2v) is 7.13. The molecule has 0 aliphatic heterocycles. The van der Waals surface area contributed by atoms with Crippen LogP contribution in [0.1, 0.15) is 12.5 Å². The molecule has 1 N–H and O–H groups in total. The predicted octanol–water partition coefficient (Wildman–Crippen LogP) is 3.74. The Morgan fingerprint density at radius 3 is 2.80 bits per heavy atom. The first-order chi connectivity index (χ1) is 12.0. The fraction of sp³-hybridized carbons (Fsp3) is 0.176. The lowest BCUT2D eigenvalue weighted by Crippen LogP contribution is -2.23. The molecular weight excluding hydrogens is 358 g/mol. The molecule has 0 aliphatic rings. The van der Waals surface area contributed by atoms with Crippen molar-refractivity contribution in [3.63, 3.8) is 0 Å². The van der Waals surface area contributed by atoms with Crippen molar-refractivity contribution >= 4 is 35.1 Å². The highest BCUT2D eigenvalue weighted by molar-refractivity contribution is 8.00. The molecule has 6 nitrogen and oxygen atoms in total. The van der Waals surface area contributed by atoms with Gasteiger partial charge >= 0.3 is 0 Å². The molecule has 0 fully saturated rings.